The van der Waals surface area contributed by atoms with E-state index in [1.165, 1.54) is 26.4 Å². The topological polar surface area (TPSA) is 76.2 Å². The lowest BCUT2D eigenvalue weighted by atomic mass is 10.2. The van der Waals surface area contributed by atoms with Crippen LogP contribution in [-0.4, -0.2) is 53.1 Å². The first-order chi connectivity index (χ1) is 13.8. The number of carbonyl (C=O) groups excluding carboxylic acids is 1. The summed E-state index contributed by atoms with van der Waals surface area (Å²) >= 11 is 0. The highest BCUT2D eigenvalue weighted by atomic mass is 32.2. The van der Waals surface area contributed by atoms with Crippen LogP contribution < -0.4 is 13.8 Å². The Hall–Kier alpha value is -2.74. The maximum atomic E-state index is 13.5. The largest absolute Gasteiger partial charge is 0.497 e. The van der Waals surface area contributed by atoms with Gasteiger partial charge in [0, 0.05) is 19.2 Å². The van der Waals surface area contributed by atoms with Crippen LogP contribution in [0, 0.1) is 6.92 Å². The lowest BCUT2D eigenvalue weighted by molar-refractivity contribution is -0.129. The van der Waals surface area contributed by atoms with Crippen molar-refractivity contribution in [2.24, 2.45) is 0 Å². The number of rotatable bonds is 9. The number of aryl methyl sites for hydroxylation is 1. The highest BCUT2D eigenvalue weighted by Gasteiger charge is 2.31. The summed E-state index contributed by atoms with van der Waals surface area (Å²) in [4.78, 5) is 14.5. The molecule has 0 aliphatic carbocycles. The molecule has 7 nitrogen and oxygen atoms in total. The Morgan fingerprint density at radius 1 is 0.966 bits per heavy atom. The second-order valence-electron chi connectivity index (χ2n) is 6.43. The van der Waals surface area contributed by atoms with E-state index >= 15 is 0 Å². The number of amides is 1. The zero-order valence-electron chi connectivity index (χ0n) is 17.5. The number of methoxy groups -OCH3 is 2. The zero-order chi connectivity index (χ0) is 21.6. The van der Waals surface area contributed by atoms with Crippen LogP contribution in [0.15, 0.2) is 47.4 Å². The van der Waals surface area contributed by atoms with Gasteiger partial charge in [-0.15, -0.1) is 0 Å². The molecule has 2 rings (SSSR count). The predicted molar refractivity (Wildman–Crippen MR) is 113 cm³/mol. The van der Waals surface area contributed by atoms with Crippen LogP contribution in [-0.2, 0) is 14.8 Å². The minimum atomic E-state index is -4.02. The average Bonchev–Trinajstić information content (AvgIpc) is 2.72. The third-order valence-electron chi connectivity index (χ3n) is 4.66. The quantitative estimate of drug-likeness (QED) is 0.623. The number of hydrogen-bond donors (Lipinski definition) is 0. The Kier molecular flexibility index (Phi) is 7.50. The van der Waals surface area contributed by atoms with Gasteiger partial charge >= 0.3 is 0 Å². The Labute approximate surface area is 172 Å². The zero-order valence-corrected chi connectivity index (χ0v) is 18.3. The maximum Gasteiger partial charge on any atom is 0.264 e. The van der Waals surface area contributed by atoms with E-state index in [-0.39, 0.29) is 23.0 Å². The van der Waals surface area contributed by atoms with Gasteiger partial charge in [0.1, 0.15) is 18.0 Å². The fraction of sp³-hybridized carbons (Fsp3) is 0.381. The van der Waals surface area contributed by atoms with Crippen molar-refractivity contribution < 1.29 is 22.7 Å². The standard InChI is InChI=1S/C21H28N2O5S/c1-6-22(7-2)21(24)15-23(19-14-17(27-4)10-13-20(19)28-5)29(25,26)18-11-8-16(3)9-12-18/h8-14H,6-7,15H2,1-5H3. The Bertz CT molecular complexity index is 938. The van der Waals surface area contributed by atoms with Crippen LogP contribution in [0.3, 0.4) is 0 Å². The summed E-state index contributed by atoms with van der Waals surface area (Å²) in [6, 6.07) is 11.4. The highest BCUT2D eigenvalue weighted by molar-refractivity contribution is 7.92. The van der Waals surface area contributed by atoms with Gasteiger partial charge in [-0.2, -0.15) is 0 Å². The molecule has 0 fully saturated rings. The van der Waals surface area contributed by atoms with Gasteiger partial charge in [0.05, 0.1) is 24.8 Å². The summed E-state index contributed by atoms with van der Waals surface area (Å²) in [5, 5.41) is 0. The molecular weight excluding hydrogens is 392 g/mol. The van der Waals surface area contributed by atoms with Gasteiger partial charge in [0.15, 0.2) is 0 Å². The molecule has 1 amide bonds. The average molecular weight is 421 g/mol. The van der Waals surface area contributed by atoms with Crippen LogP contribution >= 0.6 is 0 Å². The Morgan fingerprint density at radius 3 is 2.10 bits per heavy atom. The van der Waals surface area contributed by atoms with Crippen molar-refractivity contribution >= 4 is 21.6 Å². The molecular formula is C21H28N2O5S. The van der Waals surface area contributed by atoms with E-state index < -0.39 is 10.0 Å². The number of anilines is 1. The summed E-state index contributed by atoms with van der Waals surface area (Å²) in [6.45, 7) is 6.22. The number of likely N-dealkylation sites (N-methyl/N-ethyl adjacent to an activating group) is 1. The predicted octanol–water partition coefficient (Wildman–Crippen LogP) is 3.08. The normalized spacial score (nSPS) is 11.1. The number of benzene rings is 2. The summed E-state index contributed by atoms with van der Waals surface area (Å²) in [6.07, 6.45) is 0. The van der Waals surface area contributed by atoms with Crippen molar-refractivity contribution in [2.75, 3.05) is 38.2 Å². The van der Waals surface area contributed by atoms with Gasteiger partial charge in [-0.1, -0.05) is 17.7 Å². The third-order valence-corrected chi connectivity index (χ3v) is 6.43. The van der Waals surface area contributed by atoms with Gasteiger partial charge in [0.25, 0.3) is 10.0 Å². The monoisotopic (exact) mass is 420 g/mol. The molecule has 158 valence electrons. The van der Waals surface area contributed by atoms with Crippen molar-refractivity contribution in [1.29, 1.82) is 0 Å². The third kappa shape index (κ3) is 5.00. The number of nitrogens with zero attached hydrogens (tertiary/aromatic N) is 2. The van der Waals surface area contributed by atoms with E-state index in [0.717, 1.165) is 9.87 Å². The summed E-state index contributed by atoms with van der Waals surface area (Å²) < 4.78 is 38.7. The molecule has 0 heterocycles. The molecule has 0 aliphatic heterocycles. The van der Waals surface area contributed by atoms with Gasteiger partial charge in [0.2, 0.25) is 5.91 Å². The molecule has 0 atom stereocenters. The van der Waals surface area contributed by atoms with Gasteiger partial charge in [-0.3, -0.25) is 9.10 Å². The first-order valence-corrected chi connectivity index (χ1v) is 10.8. The Morgan fingerprint density at radius 2 is 1.59 bits per heavy atom. The minimum absolute atomic E-state index is 0.0975. The van der Waals surface area contributed by atoms with E-state index in [9.17, 15) is 13.2 Å². The van der Waals surface area contributed by atoms with E-state index in [1.807, 2.05) is 20.8 Å². The van der Waals surface area contributed by atoms with Crippen LogP contribution in [0.4, 0.5) is 5.69 Å². The fourth-order valence-electron chi connectivity index (χ4n) is 2.93. The molecule has 29 heavy (non-hydrogen) atoms. The van der Waals surface area contributed by atoms with Crippen LogP contribution in [0.5, 0.6) is 11.5 Å². The molecule has 0 radical (unpaired) electrons. The molecule has 2 aromatic carbocycles. The smallest absolute Gasteiger partial charge is 0.264 e. The molecule has 0 aliphatic rings. The summed E-state index contributed by atoms with van der Waals surface area (Å²) in [5.74, 6) is 0.490. The minimum Gasteiger partial charge on any atom is -0.497 e. The van der Waals surface area contributed by atoms with E-state index in [2.05, 4.69) is 0 Å². The van der Waals surface area contributed by atoms with E-state index in [0.29, 0.717) is 24.6 Å². The van der Waals surface area contributed by atoms with Crippen molar-refractivity contribution in [1.82, 2.24) is 4.90 Å². The number of carbonyl (C=O) groups is 1. The molecule has 0 saturated heterocycles. The number of sulfonamides is 1. The molecule has 0 N–H and O–H groups in total. The molecule has 2 aromatic rings. The lowest BCUT2D eigenvalue weighted by Crippen LogP contribution is -2.43. The van der Waals surface area contributed by atoms with Gasteiger partial charge in [-0.05, 0) is 45.0 Å². The second-order valence-corrected chi connectivity index (χ2v) is 8.29. The Balaban J connectivity index is 2.63. The number of ether oxygens (including phenoxy) is 2. The molecule has 0 aromatic heterocycles. The molecule has 0 saturated carbocycles. The van der Waals surface area contributed by atoms with E-state index in [1.54, 1.807) is 35.2 Å². The maximum absolute atomic E-state index is 13.5. The lowest BCUT2D eigenvalue weighted by Gasteiger charge is -2.28. The highest BCUT2D eigenvalue weighted by Crippen LogP contribution is 2.35. The van der Waals surface area contributed by atoms with E-state index in [4.69, 9.17) is 9.47 Å². The first kappa shape index (κ1) is 22.5. The first-order valence-electron chi connectivity index (χ1n) is 9.37. The molecule has 0 bridgehead atoms. The van der Waals surface area contributed by atoms with Crippen molar-refractivity contribution in [2.45, 2.75) is 25.7 Å². The summed E-state index contributed by atoms with van der Waals surface area (Å²) in [5.41, 5.74) is 1.18. The van der Waals surface area contributed by atoms with Gasteiger partial charge in [-0.25, -0.2) is 8.42 Å². The van der Waals surface area contributed by atoms with Crippen LogP contribution in [0.2, 0.25) is 0 Å². The van der Waals surface area contributed by atoms with Crippen LogP contribution in [0.1, 0.15) is 19.4 Å². The van der Waals surface area contributed by atoms with Crippen molar-refractivity contribution in [3.8, 4) is 11.5 Å². The fourth-order valence-corrected chi connectivity index (χ4v) is 4.34. The number of hydrogen-bond acceptors (Lipinski definition) is 5. The molecule has 0 unspecified atom stereocenters. The second kappa shape index (κ2) is 9.65. The van der Waals surface area contributed by atoms with Gasteiger partial charge < -0.3 is 14.4 Å². The molecule has 8 heteroatoms. The SMILES string of the molecule is CCN(CC)C(=O)CN(c1cc(OC)ccc1OC)S(=O)(=O)c1ccc(C)cc1. The van der Waals surface area contributed by atoms with Crippen molar-refractivity contribution in [3.63, 3.8) is 0 Å². The van der Waals surface area contributed by atoms with Crippen LogP contribution in [0.25, 0.3) is 0 Å². The summed E-state index contributed by atoms with van der Waals surface area (Å²) in [7, 11) is -1.08. The molecule has 0 spiro atoms. The van der Waals surface area contributed by atoms with Crippen molar-refractivity contribution in [3.05, 3.63) is 48.0 Å².